The molecule has 5 heteroatoms. The Bertz CT molecular complexity index is 1160. The van der Waals surface area contributed by atoms with Crippen LogP contribution in [-0.2, 0) is 6.42 Å². The van der Waals surface area contributed by atoms with Gasteiger partial charge in [0.2, 0.25) is 0 Å². The summed E-state index contributed by atoms with van der Waals surface area (Å²) in [7, 11) is 1.61. The topological polar surface area (TPSA) is 64.3 Å². The van der Waals surface area contributed by atoms with Crippen LogP contribution in [0.4, 0.5) is 0 Å². The van der Waals surface area contributed by atoms with Crippen molar-refractivity contribution in [1.29, 1.82) is 0 Å². The largest absolute Gasteiger partial charge is 0.497 e. The molecule has 3 aromatic carbocycles. The maximum Gasteiger partial charge on any atom is 0.339 e. The predicted molar refractivity (Wildman–Crippen MR) is 117 cm³/mol. The average Bonchev–Trinajstić information content (AvgIpc) is 3.20. The summed E-state index contributed by atoms with van der Waals surface area (Å²) in [5, 5.41) is 14.6. The Hall–Kier alpha value is -3.86. The van der Waals surface area contributed by atoms with Gasteiger partial charge in [0.25, 0.3) is 0 Å². The molecule has 0 saturated heterocycles. The summed E-state index contributed by atoms with van der Waals surface area (Å²) in [5.74, 6) is -0.243. The fraction of sp³-hybridized carbons (Fsp3) is 0.120. The highest BCUT2D eigenvalue weighted by molar-refractivity contribution is 5.96. The van der Waals surface area contributed by atoms with Gasteiger partial charge in [0, 0.05) is 5.56 Å². The smallest absolute Gasteiger partial charge is 0.339 e. The number of hydrogen-bond donors (Lipinski definition) is 1. The summed E-state index contributed by atoms with van der Waals surface area (Å²) in [5.41, 5.74) is 5.11. The van der Waals surface area contributed by atoms with Crippen LogP contribution in [0.5, 0.6) is 5.75 Å². The maximum atomic E-state index is 12.1. The van der Waals surface area contributed by atoms with Gasteiger partial charge in [0.05, 0.1) is 18.5 Å². The number of hydrogen-bond acceptors (Lipinski definition) is 3. The van der Waals surface area contributed by atoms with Crippen molar-refractivity contribution in [3.05, 3.63) is 90.1 Å². The van der Waals surface area contributed by atoms with Crippen LogP contribution in [0.1, 0.15) is 23.0 Å². The second-order valence-corrected chi connectivity index (χ2v) is 6.88. The molecule has 0 saturated carbocycles. The zero-order valence-corrected chi connectivity index (χ0v) is 16.9. The van der Waals surface area contributed by atoms with Crippen molar-refractivity contribution in [3.63, 3.8) is 0 Å². The molecule has 5 nitrogen and oxygen atoms in total. The van der Waals surface area contributed by atoms with E-state index in [4.69, 9.17) is 9.84 Å². The van der Waals surface area contributed by atoms with Gasteiger partial charge in [0.1, 0.15) is 17.0 Å². The van der Waals surface area contributed by atoms with Gasteiger partial charge in [-0.2, -0.15) is 5.10 Å². The summed E-state index contributed by atoms with van der Waals surface area (Å²) < 4.78 is 6.93. The number of carbonyl (C=O) groups is 1. The molecule has 0 amide bonds. The predicted octanol–water partition coefficient (Wildman–Crippen LogP) is 5.48. The molecule has 150 valence electrons. The Morgan fingerprint density at radius 2 is 1.50 bits per heavy atom. The monoisotopic (exact) mass is 398 g/mol. The summed E-state index contributed by atoms with van der Waals surface area (Å²) in [6.07, 6.45) is 0.544. The lowest BCUT2D eigenvalue weighted by Gasteiger charge is -2.07. The third-order valence-electron chi connectivity index (χ3n) is 5.11. The van der Waals surface area contributed by atoms with E-state index in [1.807, 2.05) is 85.8 Å². The zero-order chi connectivity index (χ0) is 21.1. The number of aromatic carboxylic acids is 1. The summed E-state index contributed by atoms with van der Waals surface area (Å²) in [6.45, 7) is 1.94. The Balaban J connectivity index is 1.81. The second-order valence-electron chi connectivity index (χ2n) is 6.88. The summed E-state index contributed by atoms with van der Waals surface area (Å²) >= 11 is 0. The Labute approximate surface area is 175 Å². The minimum Gasteiger partial charge on any atom is -0.497 e. The van der Waals surface area contributed by atoms with E-state index in [0.717, 1.165) is 28.1 Å². The van der Waals surface area contributed by atoms with Gasteiger partial charge in [-0.3, -0.25) is 0 Å². The lowest BCUT2D eigenvalue weighted by atomic mass is 10.0. The molecular formula is C25H22N2O3. The van der Waals surface area contributed by atoms with E-state index in [-0.39, 0.29) is 5.56 Å². The third-order valence-corrected chi connectivity index (χ3v) is 5.11. The van der Waals surface area contributed by atoms with Crippen LogP contribution < -0.4 is 4.74 Å². The standard InChI is InChI=1S/C25H22N2O3/c1-3-22-23(25(28)29)24(26-27(22)20-13-15-21(30-2)16-14-20)19-11-9-18(10-12-19)17-7-5-4-6-8-17/h4-16H,3H2,1-2H3,(H,28,29). The fourth-order valence-corrected chi connectivity index (χ4v) is 3.59. The third kappa shape index (κ3) is 3.57. The lowest BCUT2D eigenvalue weighted by Crippen LogP contribution is -2.05. The summed E-state index contributed by atoms with van der Waals surface area (Å²) in [6, 6.07) is 25.3. The van der Waals surface area contributed by atoms with Crippen LogP contribution in [0.25, 0.3) is 28.1 Å². The fourth-order valence-electron chi connectivity index (χ4n) is 3.59. The van der Waals surface area contributed by atoms with Crippen LogP contribution in [-0.4, -0.2) is 28.0 Å². The van der Waals surface area contributed by atoms with Crippen molar-refractivity contribution < 1.29 is 14.6 Å². The molecule has 1 N–H and O–H groups in total. The molecule has 0 aliphatic heterocycles. The van der Waals surface area contributed by atoms with Crippen LogP contribution in [0.2, 0.25) is 0 Å². The van der Waals surface area contributed by atoms with Crippen molar-refractivity contribution in [3.8, 4) is 33.8 Å². The van der Waals surface area contributed by atoms with Gasteiger partial charge >= 0.3 is 5.97 Å². The number of aromatic nitrogens is 2. The highest BCUT2D eigenvalue weighted by atomic mass is 16.5. The quantitative estimate of drug-likeness (QED) is 0.467. The first-order chi connectivity index (χ1) is 14.6. The van der Waals surface area contributed by atoms with Crippen molar-refractivity contribution in [1.82, 2.24) is 9.78 Å². The van der Waals surface area contributed by atoms with Crippen LogP contribution in [0.15, 0.2) is 78.9 Å². The number of carboxylic acid groups (broad SMARTS) is 1. The van der Waals surface area contributed by atoms with Crippen LogP contribution in [0.3, 0.4) is 0 Å². The molecule has 0 spiro atoms. The van der Waals surface area contributed by atoms with Gasteiger partial charge < -0.3 is 9.84 Å². The van der Waals surface area contributed by atoms with Gasteiger partial charge in [-0.25, -0.2) is 9.48 Å². The molecule has 0 aliphatic carbocycles. The average molecular weight is 398 g/mol. The number of rotatable bonds is 6. The highest BCUT2D eigenvalue weighted by Crippen LogP contribution is 2.30. The van der Waals surface area contributed by atoms with Gasteiger partial charge in [-0.1, -0.05) is 61.5 Å². The molecule has 0 unspecified atom stereocenters. The molecule has 0 fully saturated rings. The van der Waals surface area contributed by atoms with E-state index < -0.39 is 5.97 Å². The van der Waals surface area contributed by atoms with Crippen molar-refractivity contribution >= 4 is 5.97 Å². The van der Waals surface area contributed by atoms with E-state index in [1.165, 1.54) is 0 Å². The number of nitrogens with zero attached hydrogens (tertiary/aromatic N) is 2. The van der Waals surface area contributed by atoms with Crippen molar-refractivity contribution in [2.24, 2.45) is 0 Å². The first-order valence-electron chi connectivity index (χ1n) is 9.78. The van der Waals surface area contributed by atoms with E-state index in [9.17, 15) is 9.90 Å². The van der Waals surface area contributed by atoms with E-state index >= 15 is 0 Å². The number of carboxylic acids is 1. The molecule has 1 aromatic heterocycles. The Kier molecular flexibility index (Phi) is 5.35. The number of methoxy groups -OCH3 is 1. The first kappa shape index (κ1) is 19.5. The molecule has 4 rings (SSSR count). The minimum absolute atomic E-state index is 0.237. The highest BCUT2D eigenvalue weighted by Gasteiger charge is 2.24. The van der Waals surface area contributed by atoms with E-state index in [2.05, 4.69) is 0 Å². The van der Waals surface area contributed by atoms with Gasteiger partial charge in [0.15, 0.2) is 0 Å². The maximum absolute atomic E-state index is 12.1. The van der Waals surface area contributed by atoms with Gasteiger partial charge in [-0.15, -0.1) is 0 Å². The van der Waals surface area contributed by atoms with Crippen molar-refractivity contribution in [2.75, 3.05) is 7.11 Å². The molecular weight excluding hydrogens is 376 g/mol. The van der Waals surface area contributed by atoms with E-state index in [0.29, 0.717) is 17.8 Å². The normalized spacial score (nSPS) is 10.7. The molecule has 4 aromatic rings. The minimum atomic E-state index is -0.978. The van der Waals surface area contributed by atoms with Crippen molar-refractivity contribution in [2.45, 2.75) is 13.3 Å². The molecule has 0 aliphatic rings. The summed E-state index contributed by atoms with van der Waals surface area (Å²) in [4.78, 5) is 12.1. The lowest BCUT2D eigenvalue weighted by molar-refractivity contribution is 0.0696. The molecule has 1 heterocycles. The molecule has 30 heavy (non-hydrogen) atoms. The molecule has 0 radical (unpaired) electrons. The second kappa shape index (κ2) is 8.25. The molecule has 0 atom stereocenters. The SMILES string of the molecule is CCc1c(C(=O)O)c(-c2ccc(-c3ccccc3)cc2)nn1-c1ccc(OC)cc1. The number of ether oxygens (including phenoxy) is 1. The number of benzene rings is 3. The zero-order valence-electron chi connectivity index (χ0n) is 16.9. The van der Waals surface area contributed by atoms with E-state index in [1.54, 1.807) is 11.8 Å². The molecule has 0 bridgehead atoms. The van der Waals surface area contributed by atoms with Gasteiger partial charge in [-0.05, 0) is 41.8 Å². The first-order valence-corrected chi connectivity index (χ1v) is 9.78. The Morgan fingerprint density at radius 3 is 2.07 bits per heavy atom. The van der Waals surface area contributed by atoms with Crippen LogP contribution >= 0.6 is 0 Å². The van der Waals surface area contributed by atoms with Crippen LogP contribution in [0, 0.1) is 0 Å². The Morgan fingerprint density at radius 1 is 0.900 bits per heavy atom.